The number of aliphatic carboxylic acids is 1. The number of carbonyl (C=O) groups excluding carboxylic acids is 2. The van der Waals surface area contributed by atoms with Gasteiger partial charge in [-0.15, -0.1) is 0 Å². The molecule has 1 fully saturated rings. The van der Waals surface area contributed by atoms with Gasteiger partial charge in [0, 0.05) is 13.2 Å². The highest BCUT2D eigenvalue weighted by molar-refractivity contribution is 5.86. The van der Waals surface area contributed by atoms with E-state index in [-0.39, 0.29) is 25.1 Å². The van der Waals surface area contributed by atoms with Crippen LogP contribution in [-0.4, -0.2) is 55.4 Å². The van der Waals surface area contributed by atoms with Crippen molar-refractivity contribution < 1.29 is 24.2 Å². The Morgan fingerprint density at radius 1 is 1.39 bits per heavy atom. The van der Waals surface area contributed by atoms with Gasteiger partial charge in [-0.3, -0.25) is 4.79 Å². The number of methoxy groups -OCH3 is 1. The normalized spacial score (nSPS) is 15.6. The average Bonchev–Trinajstić information content (AvgIpc) is 3.09. The predicted octanol–water partition coefficient (Wildman–Crippen LogP) is -1.34. The molecule has 0 aromatic rings. The summed E-state index contributed by atoms with van der Waals surface area (Å²) in [5.41, 5.74) is 0. The first-order chi connectivity index (χ1) is 8.52. The van der Waals surface area contributed by atoms with Crippen LogP contribution in [0.3, 0.4) is 0 Å². The first-order valence-electron chi connectivity index (χ1n) is 5.58. The summed E-state index contributed by atoms with van der Waals surface area (Å²) in [6.45, 7) is -0.321. The lowest BCUT2D eigenvalue weighted by Crippen LogP contribution is -2.50. The van der Waals surface area contributed by atoms with Crippen molar-refractivity contribution in [3.8, 4) is 0 Å². The molecule has 1 aliphatic carbocycles. The van der Waals surface area contributed by atoms with Gasteiger partial charge in [0.25, 0.3) is 0 Å². The zero-order valence-corrected chi connectivity index (χ0v) is 10.1. The summed E-state index contributed by atoms with van der Waals surface area (Å²) >= 11 is 0. The van der Waals surface area contributed by atoms with Crippen molar-refractivity contribution in [3.63, 3.8) is 0 Å². The number of ether oxygens (including phenoxy) is 1. The highest BCUT2D eigenvalue weighted by Crippen LogP contribution is 2.18. The lowest BCUT2D eigenvalue weighted by atomic mass is 10.3. The number of hydrogen-bond donors (Lipinski definition) is 4. The third kappa shape index (κ3) is 5.48. The Bertz CT molecular complexity index is 329. The molecule has 1 rings (SSSR count). The van der Waals surface area contributed by atoms with E-state index in [0.717, 1.165) is 12.8 Å². The Kier molecular flexibility index (Phi) is 5.37. The van der Waals surface area contributed by atoms with Gasteiger partial charge in [-0.05, 0) is 12.8 Å². The minimum atomic E-state index is -1.20. The number of amides is 3. The van der Waals surface area contributed by atoms with Crippen molar-refractivity contribution in [3.05, 3.63) is 0 Å². The Balaban J connectivity index is 2.21. The van der Waals surface area contributed by atoms with Crippen LogP contribution >= 0.6 is 0 Å². The van der Waals surface area contributed by atoms with Crippen LogP contribution in [0.5, 0.6) is 0 Å². The average molecular weight is 259 g/mol. The molecule has 0 aromatic heterocycles. The van der Waals surface area contributed by atoms with Gasteiger partial charge < -0.3 is 25.8 Å². The van der Waals surface area contributed by atoms with E-state index >= 15 is 0 Å². The second-order valence-electron chi connectivity index (χ2n) is 4.01. The van der Waals surface area contributed by atoms with Crippen LogP contribution in [0.1, 0.15) is 12.8 Å². The van der Waals surface area contributed by atoms with E-state index < -0.39 is 18.0 Å². The number of carboxylic acids is 1. The quantitative estimate of drug-likeness (QED) is 0.451. The number of carboxylic acid groups (broad SMARTS) is 1. The van der Waals surface area contributed by atoms with E-state index in [1.54, 1.807) is 0 Å². The van der Waals surface area contributed by atoms with Crippen molar-refractivity contribution in [2.24, 2.45) is 0 Å². The summed E-state index contributed by atoms with van der Waals surface area (Å²) in [4.78, 5) is 33.3. The van der Waals surface area contributed by atoms with E-state index in [9.17, 15) is 14.4 Å². The van der Waals surface area contributed by atoms with Crippen LogP contribution in [-0.2, 0) is 14.3 Å². The van der Waals surface area contributed by atoms with E-state index in [4.69, 9.17) is 5.11 Å². The standard InChI is InChI=1S/C10H17N3O5/c1-18-5-7(9(15)16)13-10(17)11-4-8(14)12-6-2-3-6/h6-7H,2-5H2,1H3,(H,12,14)(H,15,16)(H2,11,13,17). The van der Waals surface area contributed by atoms with Gasteiger partial charge in [-0.25, -0.2) is 9.59 Å². The summed E-state index contributed by atoms with van der Waals surface area (Å²) in [6.07, 6.45) is 1.93. The highest BCUT2D eigenvalue weighted by Gasteiger charge is 2.24. The molecule has 1 aliphatic rings. The van der Waals surface area contributed by atoms with E-state index in [2.05, 4.69) is 20.7 Å². The fraction of sp³-hybridized carbons (Fsp3) is 0.700. The summed E-state index contributed by atoms with van der Waals surface area (Å²) in [5, 5.41) is 15.9. The zero-order valence-electron chi connectivity index (χ0n) is 10.1. The molecule has 1 saturated carbocycles. The number of hydrogen-bond acceptors (Lipinski definition) is 4. The molecule has 4 N–H and O–H groups in total. The second-order valence-corrected chi connectivity index (χ2v) is 4.01. The van der Waals surface area contributed by atoms with E-state index in [1.165, 1.54) is 7.11 Å². The maximum Gasteiger partial charge on any atom is 0.328 e. The van der Waals surface area contributed by atoms with Crippen LogP contribution in [0, 0.1) is 0 Å². The molecule has 0 spiro atoms. The molecule has 8 nitrogen and oxygen atoms in total. The fourth-order valence-corrected chi connectivity index (χ4v) is 1.22. The molecule has 3 amide bonds. The highest BCUT2D eigenvalue weighted by atomic mass is 16.5. The Morgan fingerprint density at radius 3 is 2.56 bits per heavy atom. The smallest absolute Gasteiger partial charge is 0.328 e. The van der Waals surface area contributed by atoms with Crippen molar-refractivity contribution in [1.82, 2.24) is 16.0 Å². The third-order valence-corrected chi connectivity index (χ3v) is 2.29. The van der Waals surface area contributed by atoms with Crippen molar-refractivity contribution in [2.75, 3.05) is 20.3 Å². The molecule has 0 aromatic carbocycles. The van der Waals surface area contributed by atoms with Gasteiger partial charge in [0.1, 0.15) is 0 Å². The predicted molar refractivity (Wildman–Crippen MR) is 61.0 cm³/mol. The number of nitrogens with one attached hydrogen (secondary N) is 3. The minimum absolute atomic E-state index is 0.142. The first kappa shape index (κ1) is 14.2. The summed E-state index contributed by atoms with van der Waals surface area (Å²) in [6, 6.07) is -1.63. The monoisotopic (exact) mass is 259 g/mol. The lowest BCUT2D eigenvalue weighted by Gasteiger charge is -2.14. The molecule has 0 heterocycles. The zero-order chi connectivity index (χ0) is 13.5. The maximum absolute atomic E-state index is 11.3. The molecule has 18 heavy (non-hydrogen) atoms. The van der Waals surface area contributed by atoms with E-state index in [1.807, 2.05) is 0 Å². The van der Waals surface area contributed by atoms with Crippen LogP contribution < -0.4 is 16.0 Å². The second kappa shape index (κ2) is 6.80. The topological polar surface area (TPSA) is 117 Å². The Morgan fingerprint density at radius 2 is 2.06 bits per heavy atom. The van der Waals surface area contributed by atoms with E-state index in [0.29, 0.717) is 0 Å². The van der Waals surface area contributed by atoms with Gasteiger partial charge in [-0.2, -0.15) is 0 Å². The molecule has 0 aliphatic heterocycles. The summed E-state index contributed by atoms with van der Waals surface area (Å²) in [7, 11) is 1.33. The maximum atomic E-state index is 11.3. The molecule has 0 radical (unpaired) electrons. The van der Waals surface area contributed by atoms with Crippen molar-refractivity contribution >= 4 is 17.9 Å². The van der Waals surface area contributed by atoms with Gasteiger partial charge >= 0.3 is 12.0 Å². The summed E-state index contributed by atoms with van der Waals surface area (Å²) in [5.74, 6) is -1.49. The number of carbonyl (C=O) groups is 3. The summed E-state index contributed by atoms with van der Waals surface area (Å²) < 4.78 is 4.65. The Labute approximate surface area is 104 Å². The molecule has 1 atom stereocenters. The van der Waals surface area contributed by atoms with Gasteiger partial charge in [-0.1, -0.05) is 0 Å². The molecular formula is C10H17N3O5. The van der Waals surface area contributed by atoms with Crippen LogP contribution in [0.15, 0.2) is 0 Å². The Hall–Kier alpha value is -1.83. The van der Waals surface area contributed by atoms with Gasteiger partial charge in [0.15, 0.2) is 6.04 Å². The van der Waals surface area contributed by atoms with Crippen LogP contribution in [0.2, 0.25) is 0 Å². The molecule has 8 heteroatoms. The molecule has 1 unspecified atom stereocenters. The van der Waals surface area contributed by atoms with Crippen molar-refractivity contribution in [1.29, 1.82) is 0 Å². The first-order valence-corrected chi connectivity index (χ1v) is 5.58. The third-order valence-electron chi connectivity index (χ3n) is 2.29. The fourth-order valence-electron chi connectivity index (χ4n) is 1.22. The van der Waals surface area contributed by atoms with Crippen LogP contribution in [0.25, 0.3) is 0 Å². The SMILES string of the molecule is COCC(NC(=O)NCC(=O)NC1CC1)C(=O)O. The molecule has 0 bridgehead atoms. The van der Waals surface area contributed by atoms with Gasteiger partial charge in [0.05, 0.1) is 13.2 Å². The molecule has 0 saturated heterocycles. The molecule has 102 valence electrons. The lowest BCUT2D eigenvalue weighted by molar-refractivity contribution is -0.140. The number of urea groups is 1. The van der Waals surface area contributed by atoms with Gasteiger partial charge in [0.2, 0.25) is 5.91 Å². The van der Waals surface area contributed by atoms with Crippen molar-refractivity contribution in [2.45, 2.75) is 24.9 Å². The number of rotatable bonds is 7. The molecular weight excluding hydrogens is 242 g/mol. The van der Waals surface area contributed by atoms with Crippen LogP contribution in [0.4, 0.5) is 4.79 Å². The largest absolute Gasteiger partial charge is 0.480 e. The minimum Gasteiger partial charge on any atom is -0.480 e.